The third-order valence-electron chi connectivity index (χ3n) is 4.58. The van der Waals surface area contributed by atoms with Gasteiger partial charge in [-0.15, -0.1) is 0 Å². The molecule has 0 radical (unpaired) electrons. The van der Waals surface area contributed by atoms with E-state index in [2.05, 4.69) is 10.5 Å². The summed E-state index contributed by atoms with van der Waals surface area (Å²) in [6.07, 6.45) is 3.39. The van der Waals surface area contributed by atoms with Crippen LogP contribution in [0.1, 0.15) is 29.8 Å². The normalized spacial score (nSPS) is 14.1. The lowest BCUT2D eigenvalue weighted by Crippen LogP contribution is -2.39. The molecule has 0 spiro atoms. The third kappa shape index (κ3) is 4.17. The highest BCUT2D eigenvalue weighted by molar-refractivity contribution is 6.36. The van der Waals surface area contributed by atoms with Gasteiger partial charge in [-0.2, -0.15) is 5.10 Å². The summed E-state index contributed by atoms with van der Waals surface area (Å²) in [6, 6.07) is 7.25. The van der Waals surface area contributed by atoms with Gasteiger partial charge in [0, 0.05) is 35.1 Å². The Morgan fingerprint density at radius 1 is 1.15 bits per heavy atom. The summed E-state index contributed by atoms with van der Waals surface area (Å²) in [5.41, 5.74) is 5.79. The summed E-state index contributed by atoms with van der Waals surface area (Å²) < 4.78 is 1.98. The predicted molar refractivity (Wildman–Crippen MR) is 107 cm³/mol. The number of aromatic nitrogens is 1. The maximum Gasteiger partial charge on any atom is 0.329 e. The minimum atomic E-state index is -0.720. The van der Waals surface area contributed by atoms with Crippen LogP contribution in [0.4, 0.5) is 0 Å². The first kappa shape index (κ1) is 19.5. The number of rotatable bonds is 3. The van der Waals surface area contributed by atoms with Crippen molar-refractivity contribution in [1.29, 1.82) is 0 Å². The zero-order valence-corrected chi connectivity index (χ0v) is 16.6. The molecular weight excluding hydrogens is 387 g/mol. The predicted octanol–water partition coefficient (Wildman–Crippen LogP) is 3.47. The molecule has 0 unspecified atom stereocenters. The van der Waals surface area contributed by atoms with E-state index in [1.54, 1.807) is 17.0 Å². The van der Waals surface area contributed by atoms with Crippen LogP contribution in [0.25, 0.3) is 5.69 Å². The largest absolute Gasteiger partial charge is 0.334 e. The van der Waals surface area contributed by atoms with Gasteiger partial charge in [-0.25, -0.2) is 5.43 Å². The summed E-state index contributed by atoms with van der Waals surface area (Å²) in [5, 5.41) is 5.05. The van der Waals surface area contributed by atoms with Gasteiger partial charge in [0.05, 0.1) is 16.9 Å². The van der Waals surface area contributed by atoms with E-state index in [1.165, 1.54) is 6.21 Å². The van der Waals surface area contributed by atoms with E-state index in [0.29, 0.717) is 23.1 Å². The van der Waals surface area contributed by atoms with Crippen molar-refractivity contribution in [3.63, 3.8) is 0 Å². The van der Waals surface area contributed by atoms with Crippen molar-refractivity contribution in [2.45, 2.75) is 26.7 Å². The minimum absolute atomic E-state index is 0.539. The van der Waals surface area contributed by atoms with Crippen molar-refractivity contribution < 1.29 is 9.59 Å². The van der Waals surface area contributed by atoms with Crippen LogP contribution in [0.3, 0.4) is 0 Å². The summed E-state index contributed by atoms with van der Waals surface area (Å²) >= 11 is 12.3. The first-order chi connectivity index (χ1) is 12.9. The number of nitrogens with one attached hydrogen (secondary N) is 1. The fraction of sp³-hybridized carbons (Fsp3) is 0.316. The zero-order valence-electron chi connectivity index (χ0n) is 15.1. The number of hydrogen-bond acceptors (Lipinski definition) is 3. The number of nitrogens with zero attached hydrogens (tertiary/aromatic N) is 3. The average molecular weight is 407 g/mol. The summed E-state index contributed by atoms with van der Waals surface area (Å²) in [5.74, 6) is -1.26. The SMILES string of the molecule is Cc1cc(/C=N\NC(=O)C(=O)N2CCCC2)c(C)n1-c1ccc(Cl)cc1Cl. The maximum absolute atomic E-state index is 12.0. The fourth-order valence-electron chi connectivity index (χ4n) is 3.22. The van der Waals surface area contributed by atoms with E-state index in [0.717, 1.165) is 35.5 Å². The molecule has 6 nitrogen and oxygen atoms in total. The van der Waals surface area contributed by atoms with Gasteiger partial charge in [-0.1, -0.05) is 23.2 Å². The number of likely N-dealkylation sites (tertiary alicyclic amines) is 1. The highest BCUT2D eigenvalue weighted by atomic mass is 35.5. The molecule has 2 aromatic rings. The molecule has 0 atom stereocenters. The van der Waals surface area contributed by atoms with Gasteiger partial charge in [0.15, 0.2) is 0 Å². The number of amides is 2. The molecule has 1 N–H and O–H groups in total. The van der Waals surface area contributed by atoms with Crippen molar-refractivity contribution >= 4 is 41.2 Å². The lowest BCUT2D eigenvalue weighted by molar-refractivity contribution is -0.145. The molecular formula is C19H20Cl2N4O2. The van der Waals surface area contributed by atoms with Gasteiger partial charge in [-0.3, -0.25) is 9.59 Å². The molecule has 0 saturated carbocycles. The van der Waals surface area contributed by atoms with Gasteiger partial charge in [-0.05, 0) is 51.0 Å². The van der Waals surface area contributed by atoms with E-state index in [9.17, 15) is 9.59 Å². The molecule has 1 fully saturated rings. The number of hydrazone groups is 1. The monoisotopic (exact) mass is 406 g/mol. The zero-order chi connectivity index (χ0) is 19.6. The molecule has 0 bridgehead atoms. The molecule has 1 aliphatic heterocycles. The van der Waals surface area contributed by atoms with Crippen LogP contribution in [-0.4, -0.2) is 40.6 Å². The molecule has 2 amide bonds. The van der Waals surface area contributed by atoms with Crippen molar-refractivity contribution in [3.05, 3.63) is 51.3 Å². The molecule has 8 heteroatoms. The van der Waals surface area contributed by atoms with Gasteiger partial charge >= 0.3 is 11.8 Å². The first-order valence-corrected chi connectivity index (χ1v) is 9.40. The molecule has 0 aliphatic carbocycles. The Labute approximate surface area is 167 Å². The molecule has 3 rings (SSSR count). The van der Waals surface area contributed by atoms with E-state index < -0.39 is 11.8 Å². The molecule has 2 heterocycles. The quantitative estimate of drug-likeness (QED) is 0.481. The Hall–Kier alpha value is -2.31. The molecule has 142 valence electrons. The number of aryl methyl sites for hydroxylation is 1. The van der Waals surface area contributed by atoms with Crippen LogP contribution in [0, 0.1) is 13.8 Å². The van der Waals surface area contributed by atoms with E-state index >= 15 is 0 Å². The highest BCUT2D eigenvalue weighted by Crippen LogP contribution is 2.28. The highest BCUT2D eigenvalue weighted by Gasteiger charge is 2.24. The standard InChI is InChI=1S/C19H20Cl2N4O2/c1-12-9-14(11-22-23-18(26)19(27)24-7-3-4-8-24)13(2)25(12)17-6-5-15(20)10-16(17)21/h5-6,9-11H,3-4,7-8H2,1-2H3,(H,23,26)/b22-11-. The lowest BCUT2D eigenvalue weighted by atomic mass is 10.2. The van der Waals surface area contributed by atoms with Crippen molar-refractivity contribution in [1.82, 2.24) is 14.9 Å². The number of carbonyl (C=O) groups excluding carboxylic acids is 2. The second-order valence-electron chi connectivity index (χ2n) is 6.46. The first-order valence-electron chi connectivity index (χ1n) is 8.65. The number of halogens is 2. The Morgan fingerprint density at radius 3 is 2.52 bits per heavy atom. The molecule has 27 heavy (non-hydrogen) atoms. The molecule has 1 saturated heterocycles. The van der Waals surface area contributed by atoms with Crippen LogP contribution >= 0.6 is 23.2 Å². The average Bonchev–Trinajstić information content (AvgIpc) is 3.24. The van der Waals surface area contributed by atoms with E-state index in [-0.39, 0.29) is 0 Å². The summed E-state index contributed by atoms with van der Waals surface area (Å²) in [4.78, 5) is 25.4. The Bertz CT molecular complexity index is 915. The van der Waals surface area contributed by atoms with Crippen LogP contribution in [0.15, 0.2) is 29.4 Å². The third-order valence-corrected chi connectivity index (χ3v) is 5.12. The van der Waals surface area contributed by atoms with Gasteiger partial charge in [0.25, 0.3) is 0 Å². The van der Waals surface area contributed by atoms with Crippen molar-refractivity contribution in [2.75, 3.05) is 13.1 Å². The van der Waals surface area contributed by atoms with Crippen LogP contribution in [0.5, 0.6) is 0 Å². The van der Waals surface area contributed by atoms with Crippen molar-refractivity contribution in [2.24, 2.45) is 5.10 Å². The second kappa shape index (κ2) is 8.15. The summed E-state index contributed by atoms with van der Waals surface area (Å²) in [7, 11) is 0. The Kier molecular flexibility index (Phi) is 5.87. The van der Waals surface area contributed by atoms with Crippen LogP contribution in [0.2, 0.25) is 10.0 Å². The minimum Gasteiger partial charge on any atom is -0.334 e. The van der Waals surface area contributed by atoms with Crippen LogP contribution < -0.4 is 5.43 Å². The molecule has 1 aromatic carbocycles. The van der Waals surface area contributed by atoms with Gasteiger partial charge in [0.2, 0.25) is 0 Å². The topological polar surface area (TPSA) is 66.7 Å². The second-order valence-corrected chi connectivity index (χ2v) is 7.30. The molecule has 1 aliphatic rings. The number of carbonyl (C=O) groups is 2. The van der Waals surface area contributed by atoms with Crippen molar-refractivity contribution in [3.8, 4) is 5.69 Å². The molecule has 1 aromatic heterocycles. The van der Waals surface area contributed by atoms with Crippen LogP contribution in [-0.2, 0) is 9.59 Å². The van der Waals surface area contributed by atoms with Gasteiger partial charge in [0.1, 0.15) is 0 Å². The summed E-state index contributed by atoms with van der Waals surface area (Å²) in [6.45, 7) is 5.12. The van der Waals surface area contributed by atoms with Gasteiger partial charge < -0.3 is 9.47 Å². The van der Waals surface area contributed by atoms with E-state index in [1.807, 2.05) is 30.5 Å². The number of benzene rings is 1. The smallest absolute Gasteiger partial charge is 0.329 e. The lowest BCUT2D eigenvalue weighted by Gasteiger charge is -2.13. The van der Waals surface area contributed by atoms with E-state index in [4.69, 9.17) is 23.2 Å². The number of hydrogen-bond donors (Lipinski definition) is 1. The Balaban J connectivity index is 1.75. The fourth-order valence-corrected chi connectivity index (χ4v) is 3.72. The Morgan fingerprint density at radius 2 is 1.85 bits per heavy atom. The maximum atomic E-state index is 12.0.